The molecule has 1 aromatic heterocycles. The van der Waals surface area contributed by atoms with E-state index in [1.54, 1.807) is 35.2 Å². The summed E-state index contributed by atoms with van der Waals surface area (Å²) in [5.74, 6) is 0.0445. The highest BCUT2D eigenvalue weighted by Crippen LogP contribution is 2.26. The van der Waals surface area contributed by atoms with Crippen molar-refractivity contribution in [2.45, 2.75) is 17.8 Å². The Labute approximate surface area is 206 Å². The Bertz CT molecular complexity index is 1460. The summed E-state index contributed by atoms with van der Waals surface area (Å²) in [5.41, 5.74) is 3.27. The molecule has 1 fully saturated rings. The van der Waals surface area contributed by atoms with E-state index in [-0.39, 0.29) is 11.5 Å². The SMILES string of the molecule is Cc1ccccc1CSc1nc2cc(C(=O)N3CCOCC3)ccc2c(=O)n1-c1cccc(F)c1. The van der Waals surface area contributed by atoms with Gasteiger partial charge in [0.1, 0.15) is 5.82 Å². The van der Waals surface area contributed by atoms with E-state index >= 15 is 0 Å². The number of nitrogens with zero attached hydrogens (tertiary/aromatic N) is 3. The van der Waals surface area contributed by atoms with Crippen LogP contribution in [0.1, 0.15) is 21.5 Å². The van der Waals surface area contributed by atoms with Crippen molar-refractivity contribution in [2.75, 3.05) is 26.3 Å². The zero-order valence-electron chi connectivity index (χ0n) is 19.2. The van der Waals surface area contributed by atoms with Crippen LogP contribution in [0.3, 0.4) is 0 Å². The highest BCUT2D eigenvalue weighted by atomic mass is 32.2. The van der Waals surface area contributed by atoms with Gasteiger partial charge in [-0.25, -0.2) is 9.37 Å². The smallest absolute Gasteiger partial charge is 0.266 e. The van der Waals surface area contributed by atoms with Crippen molar-refractivity contribution >= 4 is 28.6 Å². The van der Waals surface area contributed by atoms with Gasteiger partial charge in [-0.3, -0.25) is 14.2 Å². The maximum atomic E-state index is 14.1. The molecule has 35 heavy (non-hydrogen) atoms. The normalized spacial score (nSPS) is 13.8. The molecule has 5 rings (SSSR count). The molecule has 0 unspecified atom stereocenters. The Balaban J connectivity index is 1.60. The fourth-order valence-corrected chi connectivity index (χ4v) is 5.19. The average molecular weight is 490 g/mol. The number of hydrogen-bond donors (Lipinski definition) is 0. The van der Waals surface area contributed by atoms with Crippen LogP contribution in [0.5, 0.6) is 0 Å². The Morgan fingerprint density at radius 1 is 1.06 bits per heavy atom. The number of morpholine rings is 1. The second-order valence-corrected chi connectivity index (χ2v) is 9.31. The van der Waals surface area contributed by atoms with Crippen molar-refractivity contribution in [3.05, 3.63) is 99.6 Å². The number of aryl methyl sites for hydroxylation is 1. The quantitative estimate of drug-likeness (QED) is 0.303. The van der Waals surface area contributed by atoms with Crippen LogP contribution >= 0.6 is 11.8 Å². The summed E-state index contributed by atoms with van der Waals surface area (Å²) in [4.78, 5) is 33.1. The molecule has 178 valence electrons. The minimum absolute atomic E-state index is 0.111. The number of thioether (sulfide) groups is 1. The summed E-state index contributed by atoms with van der Waals surface area (Å²) < 4.78 is 20.8. The van der Waals surface area contributed by atoms with E-state index in [0.717, 1.165) is 11.1 Å². The lowest BCUT2D eigenvalue weighted by molar-refractivity contribution is 0.0303. The highest BCUT2D eigenvalue weighted by Gasteiger charge is 2.21. The fraction of sp³-hybridized carbons (Fsp3) is 0.222. The topological polar surface area (TPSA) is 64.4 Å². The number of amides is 1. The van der Waals surface area contributed by atoms with Crippen LogP contribution in [-0.2, 0) is 10.5 Å². The Morgan fingerprint density at radius 2 is 1.86 bits per heavy atom. The van der Waals surface area contributed by atoms with Crippen LogP contribution in [0.2, 0.25) is 0 Å². The standard InChI is InChI=1S/C27H24FN3O3S/c1-18-5-2-3-6-20(18)17-35-27-29-24-15-19(25(32)30-11-13-34-14-12-30)9-10-23(24)26(33)31(27)22-8-4-7-21(28)16-22/h2-10,15-16H,11-14,17H2,1H3. The molecular weight excluding hydrogens is 465 g/mol. The molecule has 1 aliphatic rings. The van der Waals surface area contributed by atoms with Crippen LogP contribution in [-0.4, -0.2) is 46.7 Å². The lowest BCUT2D eigenvalue weighted by Gasteiger charge is -2.26. The molecule has 0 aliphatic carbocycles. The maximum absolute atomic E-state index is 14.1. The third-order valence-electron chi connectivity index (χ3n) is 6.07. The van der Waals surface area contributed by atoms with E-state index in [4.69, 9.17) is 9.72 Å². The van der Waals surface area contributed by atoms with E-state index < -0.39 is 5.82 Å². The molecule has 1 aliphatic heterocycles. The van der Waals surface area contributed by atoms with E-state index in [1.165, 1.54) is 28.5 Å². The highest BCUT2D eigenvalue weighted by molar-refractivity contribution is 7.98. The number of carbonyl (C=O) groups is 1. The first-order valence-corrected chi connectivity index (χ1v) is 12.4. The third-order valence-corrected chi connectivity index (χ3v) is 7.06. The lowest BCUT2D eigenvalue weighted by atomic mass is 10.1. The van der Waals surface area contributed by atoms with Crippen molar-refractivity contribution in [3.63, 3.8) is 0 Å². The average Bonchev–Trinajstić information content (AvgIpc) is 2.88. The predicted molar refractivity (Wildman–Crippen MR) is 135 cm³/mol. The number of fused-ring (bicyclic) bond motifs is 1. The molecule has 2 heterocycles. The predicted octanol–water partition coefficient (Wildman–Crippen LogP) is 4.60. The zero-order valence-corrected chi connectivity index (χ0v) is 20.1. The minimum atomic E-state index is -0.434. The number of rotatable bonds is 5. The maximum Gasteiger partial charge on any atom is 0.266 e. The zero-order chi connectivity index (χ0) is 24.4. The van der Waals surface area contributed by atoms with Crippen LogP contribution in [0, 0.1) is 12.7 Å². The number of aromatic nitrogens is 2. The van der Waals surface area contributed by atoms with Crippen LogP contribution in [0.4, 0.5) is 4.39 Å². The van der Waals surface area contributed by atoms with Gasteiger partial charge in [-0.15, -0.1) is 0 Å². The monoisotopic (exact) mass is 489 g/mol. The van der Waals surface area contributed by atoms with E-state index in [0.29, 0.717) is 59.4 Å². The van der Waals surface area contributed by atoms with Gasteiger partial charge in [-0.05, 0) is 54.4 Å². The molecule has 0 spiro atoms. The van der Waals surface area contributed by atoms with Gasteiger partial charge in [-0.2, -0.15) is 0 Å². The van der Waals surface area contributed by atoms with Crippen molar-refractivity contribution in [1.29, 1.82) is 0 Å². The van der Waals surface area contributed by atoms with Gasteiger partial charge < -0.3 is 9.64 Å². The van der Waals surface area contributed by atoms with Gasteiger partial charge in [0.25, 0.3) is 11.5 Å². The first-order chi connectivity index (χ1) is 17.0. The summed E-state index contributed by atoms with van der Waals surface area (Å²) in [6, 6.07) is 18.9. The second-order valence-electron chi connectivity index (χ2n) is 8.37. The second kappa shape index (κ2) is 10.0. The first kappa shape index (κ1) is 23.3. The molecule has 4 aromatic rings. The molecule has 6 nitrogen and oxygen atoms in total. The minimum Gasteiger partial charge on any atom is -0.378 e. The molecule has 0 radical (unpaired) electrons. The Morgan fingerprint density at radius 3 is 2.63 bits per heavy atom. The van der Waals surface area contributed by atoms with E-state index in [1.807, 2.05) is 31.2 Å². The van der Waals surface area contributed by atoms with Gasteiger partial charge >= 0.3 is 0 Å². The van der Waals surface area contributed by atoms with Gasteiger partial charge in [-0.1, -0.05) is 42.1 Å². The Kier molecular flexibility index (Phi) is 6.66. The number of ether oxygens (including phenoxy) is 1. The number of benzene rings is 3. The van der Waals surface area contributed by atoms with Crippen molar-refractivity contribution in [3.8, 4) is 5.69 Å². The van der Waals surface area contributed by atoms with E-state index in [9.17, 15) is 14.0 Å². The molecule has 0 saturated carbocycles. The van der Waals surface area contributed by atoms with Crippen molar-refractivity contribution in [1.82, 2.24) is 14.5 Å². The number of carbonyl (C=O) groups excluding carboxylic acids is 1. The molecule has 0 atom stereocenters. The first-order valence-electron chi connectivity index (χ1n) is 11.4. The summed E-state index contributed by atoms with van der Waals surface area (Å²) in [7, 11) is 0. The van der Waals surface area contributed by atoms with Crippen LogP contribution in [0.15, 0.2) is 76.7 Å². The van der Waals surface area contributed by atoms with Crippen molar-refractivity contribution < 1.29 is 13.9 Å². The molecule has 0 bridgehead atoms. The third kappa shape index (κ3) is 4.85. The lowest BCUT2D eigenvalue weighted by Crippen LogP contribution is -2.40. The summed E-state index contributed by atoms with van der Waals surface area (Å²) in [5, 5.41) is 0.806. The van der Waals surface area contributed by atoms with Crippen LogP contribution < -0.4 is 5.56 Å². The molecule has 0 N–H and O–H groups in total. The summed E-state index contributed by atoms with van der Waals surface area (Å²) in [6.45, 7) is 4.12. The van der Waals surface area contributed by atoms with E-state index in [2.05, 4.69) is 0 Å². The summed E-state index contributed by atoms with van der Waals surface area (Å²) in [6.07, 6.45) is 0. The molecule has 8 heteroatoms. The molecule has 1 amide bonds. The number of hydrogen-bond acceptors (Lipinski definition) is 5. The largest absolute Gasteiger partial charge is 0.378 e. The van der Waals surface area contributed by atoms with Gasteiger partial charge in [0.15, 0.2) is 5.16 Å². The summed E-state index contributed by atoms with van der Waals surface area (Å²) >= 11 is 1.40. The van der Waals surface area contributed by atoms with Crippen LogP contribution in [0.25, 0.3) is 16.6 Å². The molecule has 3 aromatic carbocycles. The molecular formula is C27H24FN3O3S. The number of halogens is 1. The Hall–Kier alpha value is -3.49. The molecule has 1 saturated heterocycles. The van der Waals surface area contributed by atoms with Gasteiger partial charge in [0.2, 0.25) is 0 Å². The van der Waals surface area contributed by atoms with Gasteiger partial charge in [0, 0.05) is 24.4 Å². The van der Waals surface area contributed by atoms with Gasteiger partial charge in [0.05, 0.1) is 29.8 Å². The fourth-order valence-electron chi connectivity index (χ4n) is 4.10. The van der Waals surface area contributed by atoms with Crippen molar-refractivity contribution in [2.24, 2.45) is 0 Å².